The van der Waals surface area contributed by atoms with Crippen molar-refractivity contribution in [2.75, 3.05) is 12.3 Å². The van der Waals surface area contributed by atoms with Crippen LogP contribution < -0.4 is 5.32 Å². The van der Waals surface area contributed by atoms with Crippen molar-refractivity contribution in [2.45, 2.75) is 11.7 Å². The molecule has 1 aromatic carbocycles. The van der Waals surface area contributed by atoms with Crippen LogP contribution >= 0.6 is 11.8 Å². The number of nitrogens with one attached hydrogen (secondary N) is 2. The summed E-state index contributed by atoms with van der Waals surface area (Å²) in [5.41, 5.74) is 3.19. The SMILES string of the molecule is c1ccc(CNCCSc2nc3ccccc3[nH]2)nc1. The minimum absolute atomic E-state index is 0.807. The van der Waals surface area contributed by atoms with Gasteiger partial charge in [0.1, 0.15) is 0 Å². The quantitative estimate of drug-likeness (QED) is 0.540. The van der Waals surface area contributed by atoms with Crippen molar-refractivity contribution in [1.82, 2.24) is 20.3 Å². The summed E-state index contributed by atoms with van der Waals surface area (Å²) >= 11 is 1.73. The van der Waals surface area contributed by atoms with Crippen LogP contribution in [0.25, 0.3) is 11.0 Å². The van der Waals surface area contributed by atoms with E-state index in [1.165, 1.54) is 0 Å². The normalized spacial score (nSPS) is 11.0. The fourth-order valence-electron chi connectivity index (χ4n) is 1.94. The minimum atomic E-state index is 0.807. The van der Waals surface area contributed by atoms with E-state index >= 15 is 0 Å². The van der Waals surface area contributed by atoms with Gasteiger partial charge in [0.25, 0.3) is 0 Å². The Bertz CT molecular complexity index is 633. The second-order valence-corrected chi connectivity index (χ2v) is 5.49. The zero-order valence-corrected chi connectivity index (χ0v) is 11.9. The van der Waals surface area contributed by atoms with Crippen molar-refractivity contribution < 1.29 is 0 Å². The molecule has 0 spiro atoms. The summed E-state index contributed by atoms with van der Waals surface area (Å²) in [6.45, 7) is 1.74. The smallest absolute Gasteiger partial charge is 0.166 e. The van der Waals surface area contributed by atoms with Crippen LogP contribution in [0, 0.1) is 0 Å². The lowest BCUT2D eigenvalue weighted by Crippen LogP contribution is -2.17. The first-order valence-corrected chi connectivity index (χ1v) is 7.58. The van der Waals surface area contributed by atoms with Crippen LogP contribution in [0.3, 0.4) is 0 Å². The highest BCUT2D eigenvalue weighted by atomic mass is 32.2. The van der Waals surface area contributed by atoms with E-state index < -0.39 is 0 Å². The standard InChI is InChI=1S/C15H16N4S/c1-2-7-14-13(6-1)18-15(19-14)20-10-9-16-11-12-5-3-4-8-17-12/h1-8,16H,9-11H2,(H,18,19). The molecule has 0 radical (unpaired) electrons. The third-order valence-electron chi connectivity index (χ3n) is 2.92. The number of nitrogens with zero attached hydrogens (tertiary/aromatic N) is 2. The third kappa shape index (κ3) is 3.37. The van der Waals surface area contributed by atoms with Crippen LogP contribution in [-0.2, 0) is 6.54 Å². The van der Waals surface area contributed by atoms with Crippen molar-refractivity contribution in [3.05, 3.63) is 54.4 Å². The minimum Gasteiger partial charge on any atom is -0.333 e. The summed E-state index contributed by atoms with van der Waals surface area (Å²) in [7, 11) is 0. The predicted molar refractivity (Wildman–Crippen MR) is 82.8 cm³/mol. The van der Waals surface area contributed by atoms with Gasteiger partial charge < -0.3 is 10.3 Å². The molecule has 4 nitrogen and oxygen atoms in total. The van der Waals surface area contributed by atoms with Crippen molar-refractivity contribution in [1.29, 1.82) is 0 Å². The van der Waals surface area contributed by atoms with E-state index in [0.29, 0.717) is 0 Å². The Labute approximate surface area is 122 Å². The van der Waals surface area contributed by atoms with Gasteiger partial charge in [0.2, 0.25) is 0 Å². The molecule has 0 saturated heterocycles. The molecule has 0 aliphatic heterocycles. The van der Waals surface area contributed by atoms with Crippen molar-refractivity contribution in [2.24, 2.45) is 0 Å². The average molecular weight is 284 g/mol. The summed E-state index contributed by atoms with van der Waals surface area (Å²) in [4.78, 5) is 12.1. The van der Waals surface area contributed by atoms with E-state index in [1.807, 2.05) is 48.7 Å². The Hall–Kier alpha value is -1.85. The molecule has 0 saturated carbocycles. The van der Waals surface area contributed by atoms with Gasteiger partial charge in [-0.1, -0.05) is 30.0 Å². The van der Waals surface area contributed by atoms with Gasteiger partial charge in [-0.25, -0.2) is 4.98 Å². The highest BCUT2D eigenvalue weighted by Gasteiger charge is 2.01. The lowest BCUT2D eigenvalue weighted by molar-refractivity contribution is 0.715. The number of fused-ring (bicyclic) bond motifs is 1. The van der Waals surface area contributed by atoms with Gasteiger partial charge >= 0.3 is 0 Å². The fraction of sp³-hybridized carbons (Fsp3) is 0.200. The first-order valence-electron chi connectivity index (χ1n) is 6.60. The van der Waals surface area contributed by atoms with E-state index in [2.05, 4.69) is 20.3 Å². The highest BCUT2D eigenvalue weighted by molar-refractivity contribution is 7.99. The lowest BCUT2D eigenvalue weighted by atomic mass is 10.3. The Kier molecular flexibility index (Phi) is 4.30. The number of thioether (sulfide) groups is 1. The number of aromatic nitrogens is 3. The van der Waals surface area contributed by atoms with Crippen molar-refractivity contribution >= 4 is 22.8 Å². The molecule has 102 valence electrons. The summed E-state index contributed by atoms with van der Waals surface area (Å²) in [6, 6.07) is 14.1. The summed E-state index contributed by atoms with van der Waals surface area (Å²) < 4.78 is 0. The topological polar surface area (TPSA) is 53.6 Å². The molecular weight excluding hydrogens is 268 g/mol. The van der Waals surface area contributed by atoms with E-state index in [1.54, 1.807) is 11.8 Å². The van der Waals surface area contributed by atoms with Crippen molar-refractivity contribution in [3.63, 3.8) is 0 Å². The van der Waals surface area contributed by atoms with Gasteiger partial charge in [-0.05, 0) is 24.3 Å². The molecule has 2 aromatic heterocycles. The van der Waals surface area contributed by atoms with E-state index in [0.717, 1.165) is 40.7 Å². The van der Waals surface area contributed by atoms with Gasteiger partial charge in [-0.2, -0.15) is 0 Å². The lowest BCUT2D eigenvalue weighted by Gasteiger charge is -2.02. The van der Waals surface area contributed by atoms with Crippen LogP contribution in [0.2, 0.25) is 0 Å². The number of hydrogen-bond donors (Lipinski definition) is 2. The van der Waals surface area contributed by atoms with E-state index in [9.17, 15) is 0 Å². The summed E-state index contributed by atoms with van der Waals surface area (Å²) in [6.07, 6.45) is 1.82. The number of H-pyrrole nitrogens is 1. The molecule has 0 aliphatic rings. The molecule has 3 rings (SSSR count). The van der Waals surface area contributed by atoms with Gasteiger partial charge in [-0.15, -0.1) is 0 Å². The molecule has 0 amide bonds. The number of aromatic amines is 1. The molecule has 0 bridgehead atoms. The molecule has 0 aliphatic carbocycles. The average Bonchev–Trinajstić information content (AvgIpc) is 2.90. The Morgan fingerprint density at radius 2 is 2.00 bits per heavy atom. The van der Waals surface area contributed by atoms with Crippen LogP contribution in [-0.4, -0.2) is 27.2 Å². The number of imidazole rings is 1. The zero-order chi connectivity index (χ0) is 13.6. The van der Waals surface area contributed by atoms with Crippen LogP contribution in [0.1, 0.15) is 5.69 Å². The second kappa shape index (κ2) is 6.54. The number of benzene rings is 1. The largest absolute Gasteiger partial charge is 0.333 e. The number of rotatable bonds is 6. The monoisotopic (exact) mass is 284 g/mol. The molecule has 0 atom stereocenters. The summed E-state index contributed by atoms with van der Waals surface area (Å²) in [5.74, 6) is 0.979. The fourth-order valence-corrected chi connectivity index (χ4v) is 2.72. The number of para-hydroxylation sites is 2. The van der Waals surface area contributed by atoms with Crippen LogP contribution in [0.4, 0.5) is 0 Å². The maximum atomic E-state index is 4.54. The third-order valence-corrected chi connectivity index (χ3v) is 3.79. The maximum Gasteiger partial charge on any atom is 0.166 e. The number of pyridine rings is 1. The highest BCUT2D eigenvalue weighted by Crippen LogP contribution is 2.18. The van der Waals surface area contributed by atoms with Crippen molar-refractivity contribution in [3.8, 4) is 0 Å². The molecule has 20 heavy (non-hydrogen) atoms. The summed E-state index contributed by atoms with van der Waals surface area (Å²) in [5, 5.41) is 4.36. The first-order chi connectivity index (χ1) is 9.92. The van der Waals surface area contributed by atoms with Gasteiger partial charge in [-0.3, -0.25) is 4.98 Å². The molecule has 2 N–H and O–H groups in total. The molecule has 5 heteroatoms. The first kappa shape index (κ1) is 13.1. The van der Waals surface area contributed by atoms with E-state index in [4.69, 9.17) is 0 Å². The molecule has 0 unspecified atom stereocenters. The maximum absolute atomic E-state index is 4.54. The number of hydrogen-bond acceptors (Lipinski definition) is 4. The molecule has 2 heterocycles. The Morgan fingerprint density at radius 3 is 2.85 bits per heavy atom. The molecule has 3 aromatic rings. The van der Waals surface area contributed by atoms with Gasteiger partial charge in [0.05, 0.1) is 16.7 Å². The van der Waals surface area contributed by atoms with E-state index in [-0.39, 0.29) is 0 Å². The molecular formula is C15H16N4S. The van der Waals surface area contributed by atoms with Gasteiger partial charge in [0.15, 0.2) is 5.16 Å². The van der Waals surface area contributed by atoms with Crippen LogP contribution in [0.5, 0.6) is 0 Å². The molecule has 0 fully saturated rings. The van der Waals surface area contributed by atoms with Gasteiger partial charge in [0, 0.05) is 25.0 Å². The second-order valence-electron chi connectivity index (χ2n) is 4.41. The Balaban J connectivity index is 1.43. The zero-order valence-electron chi connectivity index (χ0n) is 11.0. The Morgan fingerprint density at radius 1 is 1.10 bits per heavy atom. The van der Waals surface area contributed by atoms with Crippen LogP contribution in [0.15, 0.2) is 53.8 Å². The predicted octanol–water partition coefficient (Wildman–Crippen LogP) is 2.84.